The lowest BCUT2D eigenvalue weighted by Gasteiger charge is -2.04. The average Bonchev–Trinajstić information content (AvgIpc) is 3.05. The molecule has 4 aromatic rings. The monoisotopic (exact) mass is 429 g/mol. The SMILES string of the molecule is Clc1ccc(CO/N=C\c2c(-c3ccccc3)nc3ccc(Cl)cn23)c(Cl)c1. The van der Waals surface area contributed by atoms with Gasteiger partial charge in [0.1, 0.15) is 12.3 Å². The number of hydrogen-bond donors (Lipinski definition) is 0. The molecule has 0 unspecified atom stereocenters. The van der Waals surface area contributed by atoms with Crippen LogP contribution in [0.4, 0.5) is 0 Å². The van der Waals surface area contributed by atoms with Gasteiger partial charge in [0.25, 0.3) is 0 Å². The van der Waals surface area contributed by atoms with Crippen LogP contribution in [-0.2, 0) is 11.4 Å². The van der Waals surface area contributed by atoms with E-state index in [2.05, 4.69) is 5.16 Å². The first-order valence-electron chi connectivity index (χ1n) is 8.44. The van der Waals surface area contributed by atoms with Gasteiger partial charge < -0.3 is 4.84 Å². The fraction of sp³-hybridized carbons (Fsp3) is 0.0476. The lowest BCUT2D eigenvalue weighted by Crippen LogP contribution is -1.95. The van der Waals surface area contributed by atoms with E-state index in [0.29, 0.717) is 15.1 Å². The molecule has 140 valence electrons. The van der Waals surface area contributed by atoms with Crippen LogP contribution in [0.1, 0.15) is 11.3 Å². The minimum absolute atomic E-state index is 0.227. The third kappa shape index (κ3) is 3.99. The summed E-state index contributed by atoms with van der Waals surface area (Å²) in [6.45, 7) is 0.227. The van der Waals surface area contributed by atoms with Crippen LogP contribution in [0, 0.1) is 0 Å². The number of rotatable bonds is 5. The van der Waals surface area contributed by atoms with Gasteiger partial charge in [0, 0.05) is 27.4 Å². The van der Waals surface area contributed by atoms with Crippen LogP contribution in [0.3, 0.4) is 0 Å². The van der Waals surface area contributed by atoms with Crippen LogP contribution in [-0.4, -0.2) is 15.6 Å². The summed E-state index contributed by atoms with van der Waals surface area (Å²) in [7, 11) is 0. The first-order chi connectivity index (χ1) is 13.6. The Kier molecular flexibility index (Phi) is 5.53. The molecule has 0 amide bonds. The van der Waals surface area contributed by atoms with Gasteiger partial charge in [0.15, 0.2) is 0 Å². The third-order valence-electron chi connectivity index (χ3n) is 4.15. The molecular weight excluding hydrogens is 417 g/mol. The zero-order valence-electron chi connectivity index (χ0n) is 14.5. The second-order valence-electron chi connectivity index (χ2n) is 6.03. The minimum atomic E-state index is 0.227. The topological polar surface area (TPSA) is 38.9 Å². The van der Waals surface area contributed by atoms with Crippen molar-refractivity contribution >= 4 is 46.7 Å². The van der Waals surface area contributed by atoms with Crippen molar-refractivity contribution in [1.82, 2.24) is 9.38 Å². The molecule has 2 aromatic heterocycles. The fourth-order valence-corrected chi connectivity index (χ4v) is 3.43. The van der Waals surface area contributed by atoms with E-state index in [-0.39, 0.29) is 6.61 Å². The van der Waals surface area contributed by atoms with E-state index in [4.69, 9.17) is 44.6 Å². The van der Waals surface area contributed by atoms with Crippen molar-refractivity contribution in [3.8, 4) is 11.3 Å². The maximum atomic E-state index is 6.17. The number of hydrogen-bond acceptors (Lipinski definition) is 3. The molecule has 7 heteroatoms. The molecule has 0 bridgehead atoms. The third-order valence-corrected chi connectivity index (χ3v) is 4.96. The van der Waals surface area contributed by atoms with Crippen molar-refractivity contribution in [3.63, 3.8) is 0 Å². The Bertz CT molecular complexity index is 1160. The van der Waals surface area contributed by atoms with E-state index in [1.807, 2.05) is 46.9 Å². The molecule has 2 heterocycles. The molecule has 4 rings (SSSR count). The molecule has 2 aromatic carbocycles. The normalized spacial score (nSPS) is 11.4. The van der Waals surface area contributed by atoms with Crippen molar-refractivity contribution < 1.29 is 4.84 Å². The predicted octanol–water partition coefficient (Wildman–Crippen LogP) is 6.51. The molecule has 0 saturated carbocycles. The highest BCUT2D eigenvalue weighted by Crippen LogP contribution is 2.25. The van der Waals surface area contributed by atoms with E-state index < -0.39 is 0 Å². The molecule has 28 heavy (non-hydrogen) atoms. The van der Waals surface area contributed by atoms with Crippen molar-refractivity contribution in [2.45, 2.75) is 6.61 Å². The molecule has 0 radical (unpaired) electrons. The van der Waals surface area contributed by atoms with E-state index in [9.17, 15) is 0 Å². The Morgan fingerprint density at radius 1 is 0.964 bits per heavy atom. The van der Waals surface area contributed by atoms with Gasteiger partial charge in [-0.05, 0) is 24.3 Å². The Hall–Kier alpha value is -2.53. The fourth-order valence-electron chi connectivity index (χ4n) is 2.80. The summed E-state index contributed by atoms with van der Waals surface area (Å²) in [5.41, 5.74) is 4.10. The highest BCUT2D eigenvalue weighted by Gasteiger charge is 2.13. The van der Waals surface area contributed by atoms with Gasteiger partial charge in [-0.1, -0.05) is 76.4 Å². The van der Waals surface area contributed by atoms with Gasteiger partial charge in [0.05, 0.1) is 22.6 Å². The van der Waals surface area contributed by atoms with E-state index >= 15 is 0 Å². The minimum Gasteiger partial charge on any atom is -0.391 e. The molecule has 0 N–H and O–H groups in total. The molecule has 0 spiro atoms. The zero-order chi connectivity index (χ0) is 19.5. The maximum absolute atomic E-state index is 6.17. The molecule has 0 aliphatic rings. The molecule has 0 atom stereocenters. The number of benzene rings is 2. The molecule has 0 aliphatic heterocycles. The Balaban J connectivity index is 1.65. The predicted molar refractivity (Wildman–Crippen MR) is 114 cm³/mol. The van der Waals surface area contributed by atoms with Gasteiger partial charge in [-0.2, -0.15) is 0 Å². The Morgan fingerprint density at radius 2 is 1.75 bits per heavy atom. The number of halogens is 3. The van der Waals surface area contributed by atoms with Crippen molar-refractivity contribution in [3.05, 3.63) is 93.2 Å². The Labute approximate surface area is 176 Å². The number of nitrogens with zero attached hydrogens (tertiary/aromatic N) is 3. The first-order valence-corrected chi connectivity index (χ1v) is 9.57. The van der Waals surface area contributed by atoms with Crippen molar-refractivity contribution in [2.75, 3.05) is 0 Å². The molecule has 0 saturated heterocycles. The second kappa shape index (κ2) is 8.23. The highest BCUT2D eigenvalue weighted by molar-refractivity contribution is 6.35. The summed E-state index contributed by atoms with van der Waals surface area (Å²) in [5, 5.41) is 5.84. The molecular formula is C21H14Cl3N3O. The summed E-state index contributed by atoms with van der Waals surface area (Å²) in [6, 6.07) is 18.8. The quantitative estimate of drug-likeness (QED) is 0.267. The van der Waals surface area contributed by atoms with E-state index in [1.165, 1.54) is 0 Å². The second-order valence-corrected chi connectivity index (χ2v) is 7.31. The van der Waals surface area contributed by atoms with Crippen molar-refractivity contribution in [2.24, 2.45) is 5.16 Å². The highest BCUT2D eigenvalue weighted by atomic mass is 35.5. The number of fused-ring (bicyclic) bond motifs is 1. The molecule has 0 aliphatic carbocycles. The number of imidazole rings is 1. The summed E-state index contributed by atoms with van der Waals surface area (Å²) in [5.74, 6) is 0. The van der Waals surface area contributed by atoms with Crippen LogP contribution in [0.25, 0.3) is 16.9 Å². The summed E-state index contributed by atoms with van der Waals surface area (Å²) in [6.07, 6.45) is 3.43. The standard InChI is InChI=1S/C21H14Cl3N3O/c22-16-7-6-15(18(24)10-16)13-28-25-11-19-21(14-4-2-1-3-5-14)26-20-9-8-17(23)12-27(19)20/h1-12H,13H2/b25-11-. The number of aromatic nitrogens is 2. The van der Waals surface area contributed by atoms with Gasteiger partial charge in [0.2, 0.25) is 0 Å². The molecule has 4 nitrogen and oxygen atoms in total. The van der Waals surface area contributed by atoms with E-state index in [1.54, 1.807) is 30.6 Å². The molecule has 0 fully saturated rings. The van der Waals surface area contributed by atoms with Crippen LogP contribution in [0.15, 0.2) is 72.0 Å². The summed E-state index contributed by atoms with van der Waals surface area (Å²) < 4.78 is 1.88. The van der Waals surface area contributed by atoms with Gasteiger partial charge >= 0.3 is 0 Å². The van der Waals surface area contributed by atoms with Crippen LogP contribution in [0.2, 0.25) is 15.1 Å². The lowest BCUT2D eigenvalue weighted by atomic mass is 10.1. The lowest BCUT2D eigenvalue weighted by molar-refractivity contribution is 0.132. The van der Waals surface area contributed by atoms with Crippen LogP contribution < -0.4 is 0 Å². The van der Waals surface area contributed by atoms with Gasteiger partial charge in [-0.25, -0.2) is 4.98 Å². The van der Waals surface area contributed by atoms with E-state index in [0.717, 1.165) is 28.2 Å². The number of oxime groups is 1. The van der Waals surface area contributed by atoms with Crippen molar-refractivity contribution in [1.29, 1.82) is 0 Å². The smallest absolute Gasteiger partial charge is 0.143 e. The number of pyridine rings is 1. The van der Waals surface area contributed by atoms with Gasteiger partial charge in [-0.3, -0.25) is 4.40 Å². The first kappa shape index (κ1) is 18.8. The van der Waals surface area contributed by atoms with Crippen LogP contribution >= 0.6 is 34.8 Å². The largest absolute Gasteiger partial charge is 0.391 e. The average molecular weight is 431 g/mol. The zero-order valence-corrected chi connectivity index (χ0v) is 16.8. The summed E-state index contributed by atoms with van der Waals surface area (Å²) in [4.78, 5) is 10.2. The Morgan fingerprint density at radius 3 is 2.54 bits per heavy atom. The van der Waals surface area contributed by atoms with Crippen LogP contribution in [0.5, 0.6) is 0 Å². The maximum Gasteiger partial charge on any atom is 0.143 e. The summed E-state index contributed by atoms with van der Waals surface area (Å²) >= 11 is 18.2. The van der Waals surface area contributed by atoms with Gasteiger partial charge in [-0.15, -0.1) is 0 Å².